The first-order valence-electron chi connectivity index (χ1n) is 7.28. The lowest BCUT2D eigenvalue weighted by atomic mass is 10.1. The molecule has 0 spiro atoms. The molecule has 5 heteroatoms. The van der Waals surface area contributed by atoms with Crippen molar-refractivity contribution < 1.29 is 0 Å². The van der Waals surface area contributed by atoms with E-state index in [1.54, 1.807) is 0 Å². The van der Waals surface area contributed by atoms with Gasteiger partial charge >= 0.3 is 0 Å². The van der Waals surface area contributed by atoms with Crippen LogP contribution in [0.4, 0.5) is 11.6 Å². The van der Waals surface area contributed by atoms with Gasteiger partial charge in [-0.1, -0.05) is 27.2 Å². The molecule has 1 heterocycles. The maximum Gasteiger partial charge on any atom is 0.134 e. The minimum absolute atomic E-state index is 0.597. The van der Waals surface area contributed by atoms with E-state index in [0.717, 1.165) is 50.4 Å². The Labute approximate surface area is 116 Å². The van der Waals surface area contributed by atoms with Crippen LogP contribution in [0.25, 0.3) is 0 Å². The van der Waals surface area contributed by atoms with Gasteiger partial charge in [0.2, 0.25) is 0 Å². The number of likely N-dealkylation sites (N-methyl/N-ethyl adjacent to an activating group) is 1. The molecular formula is C14H27N5. The van der Waals surface area contributed by atoms with E-state index < -0.39 is 0 Å². The normalized spacial score (nSPS) is 10.9. The Morgan fingerprint density at radius 2 is 1.95 bits per heavy atom. The molecule has 0 fully saturated rings. The van der Waals surface area contributed by atoms with Crippen molar-refractivity contribution in [2.45, 2.75) is 40.0 Å². The minimum atomic E-state index is 0.597. The second kappa shape index (κ2) is 8.69. The Bertz CT molecular complexity index is 367. The van der Waals surface area contributed by atoms with Gasteiger partial charge in [0.25, 0.3) is 0 Å². The van der Waals surface area contributed by atoms with Crippen LogP contribution < -0.4 is 11.1 Å². The highest BCUT2D eigenvalue weighted by molar-refractivity contribution is 5.54. The van der Waals surface area contributed by atoms with Crippen LogP contribution in [0, 0.1) is 0 Å². The summed E-state index contributed by atoms with van der Waals surface area (Å²) in [5.74, 6) is 1.49. The van der Waals surface area contributed by atoms with Gasteiger partial charge in [-0.05, 0) is 25.9 Å². The lowest BCUT2D eigenvalue weighted by Gasteiger charge is -2.20. The van der Waals surface area contributed by atoms with Crippen LogP contribution in [0.2, 0.25) is 0 Å². The summed E-state index contributed by atoms with van der Waals surface area (Å²) in [4.78, 5) is 10.8. The molecule has 0 aromatic carbocycles. The van der Waals surface area contributed by atoms with Crippen LogP contribution in [-0.2, 0) is 6.42 Å². The highest BCUT2D eigenvalue weighted by atomic mass is 15.1. The smallest absolute Gasteiger partial charge is 0.134 e. The quantitative estimate of drug-likeness (QED) is 0.716. The third kappa shape index (κ3) is 5.03. The van der Waals surface area contributed by atoms with Crippen LogP contribution in [-0.4, -0.2) is 41.0 Å². The molecule has 5 nitrogen and oxygen atoms in total. The van der Waals surface area contributed by atoms with E-state index in [1.807, 2.05) is 0 Å². The average molecular weight is 265 g/mol. The molecule has 1 aromatic rings. The van der Waals surface area contributed by atoms with Crippen molar-refractivity contribution in [2.75, 3.05) is 37.2 Å². The molecule has 0 radical (unpaired) electrons. The van der Waals surface area contributed by atoms with Crippen molar-refractivity contribution in [1.29, 1.82) is 0 Å². The van der Waals surface area contributed by atoms with Crippen molar-refractivity contribution in [1.82, 2.24) is 14.9 Å². The van der Waals surface area contributed by atoms with Crippen molar-refractivity contribution >= 4 is 11.6 Å². The minimum Gasteiger partial charge on any atom is -0.383 e. The summed E-state index contributed by atoms with van der Waals surface area (Å²) in [5.41, 5.74) is 6.96. The Morgan fingerprint density at radius 3 is 2.58 bits per heavy atom. The number of nitrogens with one attached hydrogen (secondary N) is 1. The molecule has 0 aliphatic heterocycles. The van der Waals surface area contributed by atoms with E-state index >= 15 is 0 Å². The Kier molecular flexibility index (Phi) is 7.18. The fourth-order valence-electron chi connectivity index (χ4n) is 2.15. The van der Waals surface area contributed by atoms with Gasteiger partial charge in [-0.25, -0.2) is 9.97 Å². The molecule has 0 atom stereocenters. The molecule has 108 valence electrons. The van der Waals surface area contributed by atoms with E-state index in [4.69, 9.17) is 5.73 Å². The zero-order valence-corrected chi connectivity index (χ0v) is 12.4. The van der Waals surface area contributed by atoms with Gasteiger partial charge < -0.3 is 16.0 Å². The van der Waals surface area contributed by atoms with E-state index in [1.165, 1.54) is 12.7 Å². The maximum absolute atomic E-state index is 5.91. The number of nitrogens with two attached hydrogens (primary N) is 1. The molecule has 0 amide bonds. The topological polar surface area (TPSA) is 67.1 Å². The van der Waals surface area contributed by atoms with Crippen LogP contribution in [0.3, 0.4) is 0 Å². The molecule has 0 unspecified atom stereocenters. The summed E-state index contributed by atoms with van der Waals surface area (Å²) < 4.78 is 0. The lowest BCUT2D eigenvalue weighted by Crippen LogP contribution is -2.30. The Hall–Kier alpha value is -1.36. The van der Waals surface area contributed by atoms with Crippen LogP contribution in [0.1, 0.15) is 39.2 Å². The van der Waals surface area contributed by atoms with E-state index in [2.05, 4.69) is 41.0 Å². The van der Waals surface area contributed by atoms with Crippen molar-refractivity contribution in [3.8, 4) is 0 Å². The molecule has 0 aliphatic carbocycles. The van der Waals surface area contributed by atoms with Crippen molar-refractivity contribution in [3.05, 3.63) is 11.9 Å². The summed E-state index contributed by atoms with van der Waals surface area (Å²) in [6, 6.07) is 0. The first kappa shape index (κ1) is 15.7. The number of hydrogen-bond donors (Lipinski definition) is 2. The van der Waals surface area contributed by atoms with Crippen LogP contribution in [0.15, 0.2) is 6.33 Å². The molecule has 19 heavy (non-hydrogen) atoms. The number of aromatic nitrogens is 2. The largest absolute Gasteiger partial charge is 0.383 e. The number of anilines is 2. The van der Waals surface area contributed by atoms with Gasteiger partial charge in [0.1, 0.15) is 18.0 Å². The SMILES string of the molecule is CCCc1c(N)ncnc1NCCN(CC)CCC. The summed E-state index contributed by atoms with van der Waals surface area (Å²) in [5, 5.41) is 3.39. The van der Waals surface area contributed by atoms with E-state index in [-0.39, 0.29) is 0 Å². The fourth-order valence-corrected chi connectivity index (χ4v) is 2.15. The lowest BCUT2D eigenvalue weighted by molar-refractivity contribution is 0.300. The molecule has 0 saturated carbocycles. The van der Waals surface area contributed by atoms with Crippen LogP contribution in [0.5, 0.6) is 0 Å². The Morgan fingerprint density at radius 1 is 1.16 bits per heavy atom. The number of rotatable bonds is 9. The third-order valence-electron chi connectivity index (χ3n) is 3.19. The Balaban J connectivity index is 2.55. The molecular weight excluding hydrogens is 238 g/mol. The van der Waals surface area contributed by atoms with Crippen molar-refractivity contribution in [3.63, 3.8) is 0 Å². The average Bonchev–Trinajstić information content (AvgIpc) is 2.41. The maximum atomic E-state index is 5.91. The number of hydrogen-bond acceptors (Lipinski definition) is 5. The fraction of sp³-hybridized carbons (Fsp3) is 0.714. The first-order chi connectivity index (χ1) is 9.22. The summed E-state index contributed by atoms with van der Waals surface area (Å²) in [6.07, 6.45) is 4.68. The summed E-state index contributed by atoms with van der Waals surface area (Å²) in [6.45, 7) is 10.7. The highest BCUT2D eigenvalue weighted by Crippen LogP contribution is 2.18. The molecule has 0 bridgehead atoms. The second-order valence-corrected chi connectivity index (χ2v) is 4.70. The van der Waals surface area contributed by atoms with Gasteiger partial charge in [0, 0.05) is 18.7 Å². The first-order valence-corrected chi connectivity index (χ1v) is 7.28. The molecule has 0 aliphatic rings. The van der Waals surface area contributed by atoms with E-state index in [9.17, 15) is 0 Å². The summed E-state index contributed by atoms with van der Waals surface area (Å²) in [7, 11) is 0. The zero-order valence-electron chi connectivity index (χ0n) is 12.4. The molecule has 0 saturated heterocycles. The van der Waals surface area contributed by atoms with Gasteiger partial charge in [-0.2, -0.15) is 0 Å². The second-order valence-electron chi connectivity index (χ2n) is 4.70. The highest BCUT2D eigenvalue weighted by Gasteiger charge is 2.08. The predicted octanol–water partition coefficient (Wildman–Crippen LogP) is 2.16. The zero-order chi connectivity index (χ0) is 14.1. The summed E-state index contributed by atoms with van der Waals surface area (Å²) >= 11 is 0. The predicted molar refractivity (Wildman–Crippen MR) is 81.3 cm³/mol. The third-order valence-corrected chi connectivity index (χ3v) is 3.19. The van der Waals surface area contributed by atoms with Crippen molar-refractivity contribution in [2.24, 2.45) is 0 Å². The molecule has 1 rings (SSSR count). The van der Waals surface area contributed by atoms with E-state index in [0.29, 0.717) is 5.82 Å². The standard InChI is InChI=1S/C14H27N5/c1-4-7-12-13(15)17-11-18-14(12)16-8-10-19(6-3)9-5-2/h11H,4-10H2,1-3H3,(H3,15,16,17,18). The number of nitrogens with zero attached hydrogens (tertiary/aromatic N) is 3. The van der Waals surface area contributed by atoms with Crippen LogP contribution >= 0.6 is 0 Å². The molecule has 1 aromatic heterocycles. The number of nitrogen functional groups attached to an aromatic ring is 1. The van der Waals surface area contributed by atoms with Gasteiger partial charge in [-0.15, -0.1) is 0 Å². The van der Waals surface area contributed by atoms with Gasteiger partial charge in [0.15, 0.2) is 0 Å². The monoisotopic (exact) mass is 265 g/mol. The van der Waals surface area contributed by atoms with Gasteiger partial charge in [-0.3, -0.25) is 0 Å². The van der Waals surface area contributed by atoms with Gasteiger partial charge in [0.05, 0.1) is 0 Å². The molecule has 3 N–H and O–H groups in total.